The quantitative estimate of drug-likeness (QED) is 0.807. The van der Waals surface area contributed by atoms with Crippen molar-refractivity contribution in [3.8, 4) is 0 Å². The van der Waals surface area contributed by atoms with Crippen molar-refractivity contribution in [2.75, 3.05) is 6.61 Å². The van der Waals surface area contributed by atoms with Crippen molar-refractivity contribution in [2.24, 2.45) is 5.92 Å². The van der Waals surface area contributed by atoms with E-state index in [4.69, 9.17) is 0 Å². The fourth-order valence-electron chi connectivity index (χ4n) is 3.29. The molecule has 2 aromatic rings. The molecule has 23 heavy (non-hydrogen) atoms. The van der Waals surface area contributed by atoms with Crippen molar-refractivity contribution >= 4 is 11.7 Å². The number of aromatic nitrogens is 2. The zero-order valence-corrected chi connectivity index (χ0v) is 13.5. The van der Waals surface area contributed by atoms with E-state index in [1.54, 1.807) is 0 Å². The van der Waals surface area contributed by atoms with Crippen LogP contribution in [0.1, 0.15) is 37.1 Å². The predicted molar refractivity (Wildman–Crippen MR) is 88.1 cm³/mol. The maximum atomic E-state index is 12.1. The molecular formula is C17H24N4O2. The SMILES string of the molecule is Cc1cccc2nc(CNC(=O)N[C@@H]3CCCC[C@@H]3CO)cn12. The van der Waals surface area contributed by atoms with Gasteiger partial charge in [-0.05, 0) is 31.9 Å². The Morgan fingerprint density at radius 1 is 1.39 bits per heavy atom. The van der Waals surface area contributed by atoms with Crippen LogP contribution in [0.25, 0.3) is 5.65 Å². The second-order valence-corrected chi connectivity index (χ2v) is 6.29. The summed E-state index contributed by atoms with van der Waals surface area (Å²) in [5.41, 5.74) is 2.82. The van der Waals surface area contributed by atoms with Gasteiger partial charge in [0.25, 0.3) is 0 Å². The number of pyridine rings is 1. The first-order chi connectivity index (χ1) is 11.2. The Morgan fingerprint density at radius 2 is 2.22 bits per heavy atom. The second-order valence-electron chi connectivity index (χ2n) is 6.29. The molecular weight excluding hydrogens is 292 g/mol. The van der Waals surface area contributed by atoms with Gasteiger partial charge in [-0.15, -0.1) is 0 Å². The lowest BCUT2D eigenvalue weighted by Crippen LogP contribution is -2.47. The van der Waals surface area contributed by atoms with Crippen LogP contribution < -0.4 is 10.6 Å². The molecule has 1 aliphatic rings. The minimum Gasteiger partial charge on any atom is -0.396 e. The summed E-state index contributed by atoms with van der Waals surface area (Å²) >= 11 is 0. The smallest absolute Gasteiger partial charge is 0.315 e. The van der Waals surface area contributed by atoms with Gasteiger partial charge < -0.3 is 20.1 Å². The number of nitrogens with zero attached hydrogens (tertiary/aromatic N) is 2. The molecule has 2 amide bonds. The molecule has 2 heterocycles. The van der Waals surface area contributed by atoms with Gasteiger partial charge in [0.2, 0.25) is 0 Å². The zero-order chi connectivity index (χ0) is 16.2. The van der Waals surface area contributed by atoms with E-state index in [2.05, 4.69) is 15.6 Å². The van der Waals surface area contributed by atoms with E-state index in [-0.39, 0.29) is 24.6 Å². The molecule has 6 heteroatoms. The third kappa shape index (κ3) is 3.64. The van der Waals surface area contributed by atoms with Crippen molar-refractivity contribution in [1.82, 2.24) is 20.0 Å². The van der Waals surface area contributed by atoms with Gasteiger partial charge in [0.05, 0.1) is 12.2 Å². The fraction of sp³-hybridized carbons (Fsp3) is 0.529. The normalized spacial score (nSPS) is 21.3. The molecule has 0 saturated heterocycles. The van der Waals surface area contributed by atoms with Gasteiger partial charge in [-0.25, -0.2) is 9.78 Å². The average molecular weight is 316 g/mol. The Morgan fingerprint density at radius 3 is 3.00 bits per heavy atom. The molecule has 6 nitrogen and oxygen atoms in total. The van der Waals surface area contributed by atoms with Crippen molar-refractivity contribution in [3.05, 3.63) is 35.8 Å². The highest BCUT2D eigenvalue weighted by atomic mass is 16.3. The maximum Gasteiger partial charge on any atom is 0.315 e. The van der Waals surface area contributed by atoms with Crippen LogP contribution in [0, 0.1) is 12.8 Å². The zero-order valence-electron chi connectivity index (χ0n) is 13.5. The van der Waals surface area contributed by atoms with Gasteiger partial charge in [-0.2, -0.15) is 0 Å². The minimum absolute atomic E-state index is 0.0667. The van der Waals surface area contributed by atoms with Crippen molar-refractivity contribution in [3.63, 3.8) is 0 Å². The summed E-state index contributed by atoms with van der Waals surface area (Å²) in [7, 11) is 0. The Balaban J connectivity index is 1.56. The van der Waals surface area contributed by atoms with E-state index in [9.17, 15) is 9.90 Å². The standard InChI is InChI=1S/C17H24N4O2/c1-12-5-4-8-16-19-14(10-21(12)16)9-18-17(23)20-15-7-3-2-6-13(15)11-22/h4-5,8,10,13,15,22H,2-3,6-7,9,11H2,1H3,(H2,18,20,23)/t13-,15-/m1/s1. The molecule has 1 saturated carbocycles. The molecule has 0 aromatic carbocycles. The number of hydrogen-bond acceptors (Lipinski definition) is 3. The molecule has 3 N–H and O–H groups in total. The summed E-state index contributed by atoms with van der Waals surface area (Å²) in [6.07, 6.45) is 6.10. The minimum atomic E-state index is -0.191. The number of aliphatic hydroxyl groups excluding tert-OH is 1. The number of rotatable bonds is 4. The van der Waals surface area contributed by atoms with E-state index in [1.807, 2.05) is 35.7 Å². The first-order valence-corrected chi connectivity index (χ1v) is 8.26. The first-order valence-electron chi connectivity index (χ1n) is 8.26. The lowest BCUT2D eigenvalue weighted by molar-refractivity contribution is 0.153. The number of carbonyl (C=O) groups excluding carboxylic acids is 1. The summed E-state index contributed by atoms with van der Waals surface area (Å²) < 4.78 is 2.01. The van der Waals surface area contributed by atoms with Crippen molar-refractivity contribution < 1.29 is 9.90 Å². The highest BCUT2D eigenvalue weighted by Crippen LogP contribution is 2.23. The van der Waals surface area contributed by atoms with Crippen LogP contribution >= 0.6 is 0 Å². The number of nitrogens with one attached hydrogen (secondary N) is 2. The summed E-state index contributed by atoms with van der Waals surface area (Å²) in [4.78, 5) is 16.6. The molecule has 2 atom stereocenters. The predicted octanol–water partition coefficient (Wildman–Crippen LogP) is 1.99. The number of amides is 2. The number of urea groups is 1. The van der Waals surface area contributed by atoms with Crippen LogP contribution in [-0.4, -0.2) is 33.2 Å². The topological polar surface area (TPSA) is 78.7 Å². The third-order valence-electron chi connectivity index (χ3n) is 4.64. The van der Waals surface area contributed by atoms with Gasteiger partial charge in [-0.1, -0.05) is 18.9 Å². The molecule has 0 aliphatic heterocycles. The van der Waals surface area contributed by atoms with E-state index in [0.29, 0.717) is 6.54 Å². The van der Waals surface area contributed by atoms with Crippen molar-refractivity contribution in [2.45, 2.75) is 45.2 Å². The van der Waals surface area contributed by atoms with Gasteiger partial charge in [0, 0.05) is 30.5 Å². The maximum absolute atomic E-state index is 12.1. The summed E-state index contributed by atoms with van der Waals surface area (Å²) in [5, 5.41) is 15.3. The van der Waals surface area contributed by atoms with Crippen LogP contribution in [0.2, 0.25) is 0 Å². The van der Waals surface area contributed by atoms with Gasteiger partial charge in [-0.3, -0.25) is 0 Å². The molecule has 0 unspecified atom stereocenters. The van der Waals surface area contributed by atoms with Crippen LogP contribution in [0.3, 0.4) is 0 Å². The van der Waals surface area contributed by atoms with Crippen LogP contribution in [0.5, 0.6) is 0 Å². The molecule has 0 radical (unpaired) electrons. The Labute approximate surface area is 135 Å². The lowest BCUT2D eigenvalue weighted by atomic mass is 9.85. The second kappa shape index (κ2) is 7.00. The monoisotopic (exact) mass is 316 g/mol. The Bertz CT molecular complexity index is 682. The average Bonchev–Trinajstić information content (AvgIpc) is 2.98. The summed E-state index contributed by atoms with van der Waals surface area (Å²) in [5.74, 6) is 0.173. The van der Waals surface area contributed by atoms with Crippen LogP contribution in [0.4, 0.5) is 4.79 Å². The summed E-state index contributed by atoms with van der Waals surface area (Å²) in [6.45, 7) is 2.55. The van der Waals surface area contributed by atoms with Gasteiger partial charge >= 0.3 is 6.03 Å². The molecule has 1 fully saturated rings. The molecule has 0 bridgehead atoms. The van der Waals surface area contributed by atoms with Crippen molar-refractivity contribution in [1.29, 1.82) is 0 Å². The molecule has 1 aliphatic carbocycles. The first kappa shape index (κ1) is 15.8. The number of aryl methyl sites for hydroxylation is 1. The van der Waals surface area contributed by atoms with E-state index >= 15 is 0 Å². The Kier molecular flexibility index (Phi) is 4.81. The number of fused-ring (bicyclic) bond motifs is 1. The van der Waals surface area contributed by atoms with E-state index in [1.165, 1.54) is 0 Å². The van der Waals surface area contributed by atoms with E-state index in [0.717, 1.165) is 42.7 Å². The number of carbonyl (C=O) groups is 1. The molecule has 0 spiro atoms. The molecule has 124 valence electrons. The largest absolute Gasteiger partial charge is 0.396 e. The van der Waals surface area contributed by atoms with Gasteiger partial charge in [0.15, 0.2) is 0 Å². The van der Waals surface area contributed by atoms with E-state index < -0.39 is 0 Å². The summed E-state index contributed by atoms with van der Waals surface area (Å²) in [6, 6.07) is 5.82. The number of hydrogen-bond donors (Lipinski definition) is 3. The van der Waals surface area contributed by atoms with Crippen LogP contribution in [0.15, 0.2) is 24.4 Å². The Hall–Kier alpha value is -2.08. The third-order valence-corrected chi connectivity index (χ3v) is 4.64. The number of aliphatic hydroxyl groups is 1. The molecule has 2 aromatic heterocycles. The number of imidazole rings is 1. The fourth-order valence-corrected chi connectivity index (χ4v) is 3.29. The van der Waals surface area contributed by atoms with Crippen LogP contribution in [-0.2, 0) is 6.54 Å². The lowest BCUT2D eigenvalue weighted by Gasteiger charge is -2.30. The van der Waals surface area contributed by atoms with Gasteiger partial charge in [0.1, 0.15) is 5.65 Å². The molecule has 3 rings (SSSR count). The highest BCUT2D eigenvalue weighted by molar-refractivity contribution is 5.74. The highest BCUT2D eigenvalue weighted by Gasteiger charge is 2.25.